The average molecular weight is 216 g/mol. The summed E-state index contributed by atoms with van der Waals surface area (Å²) in [4.78, 5) is 0. The fourth-order valence-corrected chi connectivity index (χ4v) is 2.33. The molecule has 1 atom stereocenters. The monoisotopic (exact) mass is 216 g/mol. The summed E-state index contributed by atoms with van der Waals surface area (Å²) in [6.07, 6.45) is 0. The third kappa shape index (κ3) is 2.12. The fourth-order valence-electron chi connectivity index (χ4n) is 1.25. The van der Waals surface area contributed by atoms with Gasteiger partial charge in [0.2, 0.25) is 0 Å². The number of sulfone groups is 1. The Labute approximate surface area is 83.7 Å². The molecule has 1 aromatic rings. The second-order valence-electron chi connectivity index (χ2n) is 3.12. The van der Waals surface area contributed by atoms with Crippen molar-refractivity contribution in [2.75, 3.05) is 5.75 Å². The van der Waals surface area contributed by atoms with E-state index in [0.717, 1.165) is 0 Å². The van der Waals surface area contributed by atoms with E-state index in [0.29, 0.717) is 0 Å². The zero-order valence-electron chi connectivity index (χ0n) is 8.20. The summed E-state index contributed by atoms with van der Waals surface area (Å²) in [6.45, 7) is 3.07. The Bertz CT molecular complexity index is 412. The highest BCUT2D eigenvalue weighted by molar-refractivity contribution is 7.91. The zero-order chi connectivity index (χ0) is 10.8. The van der Waals surface area contributed by atoms with Crippen LogP contribution in [-0.4, -0.2) is 14.2 Å². The van der Waals surface area contributed by atoms with E-state index in [9.17, 15) is 12.8 Å². The van der Waals surface area contributed by atoms with E-state index in [1.165, 1.54) is 19.1 Å². The van der Waals surface area contributed by atoms with E-state index < -0.39 is 20.9 Å². The standard InChI is InChI=1S/C10H13FO2S/c1-3-14(12,13)8(2)9-6-4-5-7-10(9)11/h4-8H,3H2,1-2H3. The summed E-state index contributed by atoms with van der Waals surface area (Å²) >= 11 is 0. The van der Waals surface area contributed by atoms with Gasteiger partial charge in [-0.1, -0.05) is 25.1 Å². The first kappa shape index (κ1) is 11.2. The summed E-state index contributed by atoms with van der Waals surface area (Å²) in [5.74, 6) is -0.431. The van der Waals surface area contributed by atoms with Gasteiger partial charge >= 0.3 is 0 Å². The molecule has 2 nitrogen and oxygen atoms in total. The van der Waals surface area contributed by atoms with Gasteiger partial charge in [0.15, 0.2) is 9.84 Å². The molecule has 0 fully saturated rings. The SMILES string of the molecule is CCS(=O)(=O)C(C)c1ccccc1F. The van der Waals surface area contributed by atoms with E-state index >= 15 is 0 Å². The molecule has 1 unspecified atom stereocenters. The molecule has 0 aromatic heterocycles. The molecule has 78 valence electrons. The first-order valence-corrected chi connectivity index (χ1v) is 6.16. The van der Waals surface area contributed by atoms with E-state index in [4.69, 9.17) is 0 Å². The molecular formula is C10H13FO2S. The summed E-state index contributed by atoms with van der Waals surface area (Å²) in [5, 5.41) is -0.770. The van der Waals surface area contributed by atoms with Crippen LogP contribution in [0, 0.1) is 5.82 Å². The maximum absolute atomic E-state index is 13.2. The molecule has 0 N–H and O–H groups in total. The highest BCUT2D eigenvalue weighted by atomic mass is 32.2. The van der Waals surface area contributed by atoms with Gasteiger partial charge in [-0.25, -0.2) is 12.8 Å². The van der Waals surface area contributed by atoms with Crippen LogP contribution in [0.25, 0.3) is 0 Å². The van der Waals surface area contributed by atoms with Gasteiger partial charge in [-0.2, -0.15) is 0 Å². The van der Waals surface area contributed by atoms with Gasteiger partial charge in [0, 0.05) is 11.3 Å². The second-order valence-corrected chi connectivity index (χ2v) is 5.73. The first-order chi connectivity index (χ1) is 6.49. The van der Waals surface area contributed by atoms with Crippen LogP contribution in [0.2, 0.25) is 0 Å². The molecule has 0 aliphatic carbocycles. The van der Waals surface area contributed by atoms with Crippen molar-refractivity contribution < 1.29 is 12.8 Å². The van der Waals surface area contributed by atoms with Crippen molar-refractivity contribution in [1.82, 2.24) is 0 Å². The molecule has 0 heterocycles. The molecule has 0 radical (unpaired) electrons. The number of benzene rings is 1. The van der Waals surface area contributed by atoms with Crippen LogP contribution >= 0.6 is 0 Å². The Morgan fingerprint density at radius 1 is 1.36 bits per heavy atom. The lowest BCUT2D eigenvalue weighted by atomic mass is 10.1. The lowest BCUT2D eigenvalue weighted by molar-refractivity contribution is 0.574. The number of hydrogen-bond acceptors (Lipinski definition) is 2. The Morgan fingerprint density at radius 2 is 1.93 bits per heavy atom. The Balaban J connectivity index is 3.14. The van der Waals surface area contributed by atoms with Crippen molar-refractivity contribution in [2.24, 2.45) is 0 Å². The molecule has 0 aliphatic heterocycles. The Kier molecular flexibility index (Phi) is 3.26. The third-order valence-corrected chi connectivity index (χ3v) is 4.42. The maximum atomic E-state index is 13.2. The van der Waals surface area contributed by atoms with Crippen LogP contribution in [0.1, 0.15) is 24.7 Å². The average Bonchev–Trinajstić information content (AvgIpc) is 2.17. The predicted octanol–water partition coefficient (Wildman–Crippen LogP) is 2.32. The maximum Gasteiger partial charge on any atom is 0.156 e. The second kappa shape index (κ2) is 4.09. The van der Waals surface area contributed by atoms with Gasteiger partial charge in [0.1, 0.15) is 5.82 Å². The smallest absolute Gasteiger partial charge is 0.156 e. The zero-order valence-corrected chi connectivity index (χ0v) is 9.01. The summed E-state index contributed by atoms with van der Waals surface area (Å²) < 4.78 is 36.2. The quantitative estimate of drug-likeness (QED) is 0.777. The molecule has 4 heteroatoms. The fraction of sp³-hybridized carbons (Fsp3) is 0.400. The minimum Gasteiger partial charge on any atom is -0.228 e. The van der Waals surface area contributed by atoms with Gasteiger partial charge in [0.05, 0.1) is 5.25 Å². The molecule has 0 spiro atoms. The minimum atomic E-state index is -3.21. The van der Waals surface area contributed by atoms with Crippen molar-refractivity contribution in [3.63, 3.8) is 0 Å². The van der Waals surface area contributed by atoms with Crippen LogP contribution in [0.15, 0.2) is 24.3 Å². The van der Waals surface area contributed by atoms with E-state index in [2.05, 4.69) is 0 Å². The first-order valence-electron chi connectivity index (χ1n) is 4.45. The van der Waals surface area contributed by atoms with E-state index in [1.54, 1.807) is 19.1 Å². The van der Waals surface area contributed by atoms with Gasteiger partial charge in [-0.15, -0.1) is 0 Å². The molecule has 0 aliphatic rings. The summed E-state index contributed by atoms with van der Waals surface area (Å²) in [6, 6.07) is 5.97. The van der Waals surface area contributed by atoms with Gasteiger partial charge in [-0.3, -0.25) is 0 Å². The van der Waals surface area contributed by atoms with Crippen molar-refractivity contribution >= 4 is 9.84 Å². The van der Waals surface area contributed by atoms with E-state index in [-0.39, 0.29) is 11.3 Å². The number of rotatable bonds is 3. The molecule has 1 rings (SSSR count). The van der Waals surface area contributed by atoms with Gasteiger partial charge in [0.25, 0.3) is 0 Å². The lowest BCUT2D eigenvalue weighted by Gasteiger charge is -2.12. The molecule has 1 aromatic carbocycles. The van der Waals surface area contributed by atoms with Crippen LogP contribution in [0.4, 0.5) is 4.39 Å². The number of hydrogen-bond donors (Lipinski definition) is 0. The molecular weight excluding hydrogens is 203 g/mol. The largest absolute Gasteiger partial charge is 0.228 e. The topological polar surface area (TPSA) is 34.1 Å². The lowest BCUT2D eigenvalue weighted by Crippen LogP contribution is -2.13. The van der Waals surface area contributed by atoms with Crippen LogP contribution in [-0.2, 0) is 9.84 Å². The highest BCUT2D eigenvalue weighted by Crippen LogP contribution is 2.24. The Morgan fingerprint density at radius 3 is 2.43 bits per heavy atom. The molecule has 0 saturated heterocycles. The minimum absolute atomic E-state index is 0.0303. The van der Waals surface area contributed by atoms with Gasteiger partial charge < -0.3 is 0 Å². The summed E-state index contributed by atoms with van der Waals surface area (Å²) in [5.41, 5.74) is 0.245. The predicted molar refractivity (Wildman–Crippen MR) is 54.3 cm³/mol. The number of halogens is 1. The molecule has 14 heavy (non-hydrogen) atoms. The molecule has 0 bridgehead atoms. The van der Waals surface area contributed by atoms with Crippen LogP contribution in [0.3, 0.4) is 0 Å². The highest BCUT2D eigenvalue weighted by Gasteiger charge is 2.22. The van der Waals surface area contributed by atoms with Crippen LogP contribution in [0.5, 0.6) is 0 Å². The Hall–Kier alpha value is -0.900. The summed E-state index contributed by atoms with van der Waals surface area (Å²) in [7, 11) is -3.21. The van der Waals surface area contributed by atoms with E-state index in [1.807, 2.05) is 0 Å². The van der Waals surface area contributed by atoms with Crippen LogP contribution < -0.4 is 0 Å². The normalized spacial score (nSPS) is 13.9. The molecule has 0 saturated carbocycles. The third-order valence-electron chi connectivity index (χ3n) is 2.28. The van der Waals surface area contributed by atoms with Crippen molar-refractivity contribution in [1.29, 1.82) is 0 Å². The van der Waals surface area contributed by atoms with Crippen molar-refractivity contribution in [3.8, 4) is 0 Å². The van der Waals surface area contributed by atoms with Gasteiger partial charge in [-0.05, 0) is 13.0 Å². The molecule has 0 amide bonds. The van der Waals surface area contributed by atoms with Crippen molar-refractivity contribution in [3.05, 3.63) is 35.6 Å². The van der Waals surface area contributed by atoms with Crippen molar-refractivity contribution in [2.45, 2.75) is 19.1 Å².